The molecule has 27 heavy (non-hydrogen) atoms. The Balaban J connectivity index is 2.78. The minimum atomic E-state index is -5.02. The number of nitrogens with zero attached hydrogens (tertiary/aromatic N) is 2. The van der Waals surface area contributed by atoms with E-state index in [9.17, 15) is 35.6 Å². The number of hydrogen-bond donors (Lipinski definition) is 0. The highest BCUT2D eigenvalue weighted by molar-refractivity contribution is 7.83. The Morgan fingerprint density at radius 1 is 1.15 bits per heavy atom. The topological polar surface area (TPSA) is 96.6 Å². The van der Waals surface area contributed by atoms with Gasteiger partial charge >= 0.3 is 22.3 Å². The zero-order chi connectivity index (χ0) is 20.7. The fraction of sp³-hybridized carbons (Fsp3) is 0.167. The van der Waals surface area contributed by atoms with E-state index in [1.165, 1.54) is 0 Å². The summed E-state index contributed by atoms with van der Waals surface area (Å²) in [6.45, 7) is 0. The van der Waals surface area contributed by atoms with Crippen molar-refractivity contribution < 1.29 is 33.9 Å². The van der Waals surface area contributed by atoms with Gasteiger partial charge in [0.05, 0.1) is 22.6 Å². The first-order valence-electron chi connectivity index (χ1n) is 6.43. The van der Waals surface area contributed by atoms with Gasteiger partial charge in [0, 0.05) is 19.2 Å². The van der Waals surface area contributed by atoms with Crippen LogP contribution in [0.2, 0.25) is 5.02 Å². The van der Waals surface area contributed by atoms with Gasteiger partial charge in [0.1, 0.15) is 11.5 Å². The minimum Gasteiger partial charge on any atom is -0.359 e. The van der Waals surface area contributed by atoms with Crippen molar-refractivity contribution in [2.45, 2.75) is 6.18 Å². The molecule has 0 saturated heterocycles. The number of halogens is 6. The Hall–Kier alpha value is -2.09. The average molecular weight is 453 g/mol. The minimum absolute atomic E-state index is 0.0297. The van der Waals surface area contributed by atoms with Crippen LogP contribution < -0.4 is 15.4 Å². The molecule has 0 unspecified atom stereocenters. The Bertz CT molecular complexity index is 1130. The molecule has 0 fully saturated rings. The summed E-state index contributed by atoms with van der Waals surface area (Å²) in [5.74, 6) is -2.13. The molecule has 0 aliphatic heterocycles. The fourth-order valence-electron chi connectivity index (χ4n) is 2.00. The molecular formula is C12H6Cl2F4N2O6S. The molecule has 0 saturated carbocycles. The van der Waals surface area contributed by atoms with Crippen LogP contribution >= 0.6 is 23.5 Å². The van der Waals surface area contributed by atoms with Gasteiger partial charge in [-0.15, -0.1) is 3.74 Å². The van der Waals surface area contributed by atoms with Gasteiger partial charge in [0.25, 0.3) is 5.56 Å². The monoisotopic (exact) mass is 452 g/mol. The third-order valence-electron chi connectivity index (χ3n) is 3.12. The molecule has 15 heteroatoms. The maximum atomic E-state index is 14.2. The molecule has 0 aliphatic rings. The molecule has 2 rings (SSSR count). The van der Waals surface area contributed by atoms with Gasteiger partial charge in [-0.3, -0.25) is 9.36 Å². The standard InChI is InChI=1S/C12H6Cl2F4N2O6S/c1-19-9(12(16,17)18)4-10(21)20(11(19)22)7-3-8(5(13)2-6(7)15)25-27(23,24)26-14/h2-4H,1H3. The maximum absolute atomic E-state index is 14.2. The van der Waals surface area contributed by atoms with E-state index in [2.05, 4.69) is 19.8 Å². The molecular weight excluding hydrogens is 447 g/mol. The van der Waals surface area contributed by atoms with Crippen LogP contribution in [-0.2, 0) is 27.4 Å². The van der Waals surface area contributed by atoms with Crippen LogP contribution in [0.4, 0.5) is 17.6 Å². The molecule has 2 aromatic rings. The quantitative estimate of drug-likeness (QED) is 0.659. The van der Waals surface area contributed by atoms with Crippen molar-refractivity contribution in [2.24, 2.45) is 7.05 Å². The molecule has 148 valence electrons. The normalized spacial score (nSPS) is 12.3. The van der Waals surface area contributed by atoms with Crippen LogP contribution in [0.15, 0.2) is 27.8 Å². The van der Waals surface area contributed by atoms with Gasteiger partial charge in [-0.25, -0.2) is 13.8 Å². The van der Waals surface area contributed by atoms with E-state index in [1.807, 2.05) is 0 Å². The van der Waals surface area contributed by atoms with Gasteiger partial charge in [-0.2, -0.15) is 21.6 Å². The molecule has 0 spiro atoms. The summed E-state index contributed by atoms with van der Waals surface area (Å²) < 4.78 is 83.1. The first-order chi connectivity index (χ1) is 12.3. The third-order valence-corrected chi connectivity index (χ3v) is 4.42. The number of hydrogen-bond acceptors (Lipinski definition) is 6. The summed E-state index contributed by atoms with van der Waals surface area (Å²) >= 11 is 10.3. The zero-order valence-corrected chi connectivity index (χ0v) is 15.1. The second kappa shape index (κ2) is 7.14. The lowest BCUT2D eigenvalue weighted by molar-refractivity contribution is -0.144. The molecule has 1 aromatic carbocycles. The summed E-state index contributed by atoms with van der Waals surface area (Å²) in [6.07, 6.45) is -5.02. The van der Waals surface area contributed by atoms with Gasteiger partial charge in [-0.05, 0) is 6.07 Å². The highest BCUT2D eigenvalue weighted by Gasteiger charge is 2.35. The third kappa shape index (κ3) is 4.26. The second-order valence-electron chi connectivity index (χ2n) is 4.83. The van der Waals surface area contributed by atoms with Crippen LogP contribution in [0.3, 0.4) is 0 Å². The SMILES string of the molecule is Cn1c(C(F)(F)F)cc(=O)n(-c2cc(OS(=O)(=O)OCl)c(Cl)cc2F)c1=O. The molecule has 0 N–H and O–H groups in total. The summed E-state index contributed by atoms with van der Waals surface area (Å²) in [6, 6.07) is 1.04. The Morgan fingerprint density at radius 3 is 2.26 bits per heavy atom. The van der Waals surface area contributed by atoms with E-state index in [0.717, 1.165) is 0 Å². The number of benzene rings is 1. The lowest BCUT2D eigenvalue weighted by Gasteiger charge is -2.15. The van der Waals surface area contributed by atoms with E-state index in [0.29, 0.717) is 19.2 Å². The van der Waals surface area contributed by atoms with E-state index in [1.54, 1.807) is 0 Å². The number of rotatable bonds is 4. The average Bonchev–Trinajstić information content (AvgIpc) is 2.53. The van der Waals surface area contributed by atoms with E-state index >= 15 is 0 Å². The first kappa shape index (κ1) is 21.2. The van der Waals surface area contributed by atoms with Crippen molar-refractivity contribution >= 4 is 33.9 Å². The molecule has 0 bridgehead atoms. The number of aromatic nitrogens is 2. The lowest BCUT2D eigenvalue weighted by atomic mass is 10.2. The molecule has 1 heterocycles. The molecule has 0 radical (unpaired) electrons. The second-order valence-corrected chi connectivity index (χ2v) is 6.73. The van der Waals surface area contributed by atoms with Crippen LogP contribution in [-0.4, -0.2) is 17.6 Å². The maximum Gasteiger partial charge on any atom is 0.465 e. The summed E-state index contributed by atoms with van der Waals surface area (Å²) in [4.78, 5) is 24.2. The van der Waals surface area contributed by atoms with Crippen molar-refractivity contribution in [3.05, 3.63) is 55.6 Å². The van der Waals surface area contributed by atoms with Gasteiger partial charge in [0.2, 0.25) is 0 Å². The van der Waals surface area contributed by atoms with Crippen LogP contribution in [0.5, 0.6) is 5.75 Å². The molecule has 1 aromatic heterocycles. The predicted octanol–water partition coefficient (Wildman–Crippen LogP) is 2.14. The van der Waals surface area contributed by atoms with Crippen molar-refractivity contribution in [3.8, 4) is 11.4 Å². The molecule has 8 nitrogen and oxygen atoms in total. The summed E-state index contributed by atoms with van der Waals surface area (Å²) in [5, 5.41) is -0.620. The van der Waals surface area contributed by atoms with E-state index in [4.69, 9.17) is 11.6 Å². The summed E-state index contributed by atoms with van der Waals surface area (Å²) in [5.41, 5.74) is -5.58. The van der Waals surface area contributed by atoms with Crippen LogP contribution in [0.25, 0.3) is 5.69 Å². The van der Waals surface area contributed by atoms with Crippen molar-refractivity contribution in [3.63, 3.8) is 0 Å². The fourth-order valence-corrected chi connectivity index (χ4v) is 2.69. The van der Waals surface area contributed by atoms with Crippen molar-refractivity contribution in [1.82, 2.24) is 9.13 Å². The van der Waals surface area contributed by atoms with Gasteiger partial charge in [0.15, 0.2) is 5.75 Å². The summed E-state index contributed by atoms with van der Waals surface area (Å²) in [7, 11) is -4.12. The molecule has 0 aliphatic carbocycles. The van der Waals surface area contributed by atoms with Gasteiger partial charge in [-0.1, -0.05) is 11.6 Å². The Morgan fingerprint density at radius 2 is 1.74 bits per heavy atom. The first-order valence-corrected chi connectivity index (χ1v) is 8.45. The van der Waals surface area contributed by atoms with E-state index < -0.39 is 55.8 Å². The van der Waals surface area contributed by atoms with Crippen molar-refractivity contribution in [2.75, 3.05) is 0 Å². The predicted molar refractivity (Wildman–Crippen MR) is 83.7 cm³/mol. The van der Waals surface area contributed by atoms with Crippen LogP contribution in [0, 0.1) is 5.82 Å². The highest BCUT2D eigenvalue weighted by Crippen LogP contribution is 2.31. The van der Waals surface area contributed by atoms with E-state index in [-0.39, 0.29) is 15.2 Å². The molecule has 0 amide bonds. The van der Waals surface area contributed by atoms with Crippen LogP contribution in [0.1, 0.15) is 5.69 Å². The lowest BCUT2D eigenvalue weighted by Crippen LogP contribution is -2.41. The highest BCUT2D eigenvalue weighted by atomic mass is 35.5. The number of alkyl halides is 3. The van der Waals surface area contributed by atoms with Gasteiger partial charge < -0.3 is 4.18 Å². The smallest absolute Gasteiger partial charge is 0.359 e. The Labute approximate surface area is 157 Å². The largest absolute Gasteiger partial charge is 0.465 e. The Kier molecular flexibility index (Phi) is 5.61. The molecule has 0 atom stereocenters. The zero-order valence-electron chi connectivity index (χ0n) is 12.8. The van der Waals surface area contributed by atoms with Crippen molar-refractivity contribution in [1.29, 1.82) is 0 Å².